The van der Waals surface area contributed by atoms with Gasteiger partial charge < -0.3 is 15.2 Å². The van der Waals surface area contributed by atoms with Crippen LogP contribution in [0, 0.1) is 5.92 Å². The molecule has 2 N–H and O–H groups in total. The van der Waals surface area contributed by atoms with Gasteiger partial charge in [0.2, 0.25) is 0 Å². The van der Waals surface area contributed by atoms with Gasteiger partial charge in [-0.3, -0.25) is 0 Å². The third-order valence-corrected chi connectivity index (χ3v) is 4.11. The number of benzene rings is 1. The van der Waals surface area contributed by atoms with Gasteiger partial charge in [0.1, 0.15) is 11.9 Å². The predicted octanol–water partition coefficient (Wildman–Crippen LogP) is 1.74. The molecule has 3 nitrogen and oxygen atoms in total. The Morgan fingerprint density at radius 1 is 1.22 bits per heavy atom. The standard InChI is InChI=1S/C15H21NO2/c17-14-6-3-5-12(14)9-16-10-13-8-11-4-1-2-7-15(11)18-13/h1-2,4,7,12-14,16-17H,3,5-6,8-10H2. The van der Waals surface area contributed by atoms with Gasteiger partial charge in [0.25, 0.3) is 0 Å². The Hall–Kier alpha value is -1.06. The second-order valence-electron chi connectivity index (χ2n) is 5.47. The molecule has 1 fully saturated rings. The fourth-order valence-corrected chi connectivity index (χ4v) is 3.05. The summed E-state index contributed by atoms with van der Waals surface area (Å²) in [5.41, 5.74) is 1.31. The molecule has 0 aromatic heterocycles. The van der Waals surface area contributed by atoms with E-state index >= 15 is 0 Å². The lowest BCUT2D eigenvalue weighted by molar-refractivity contribution is 0.128. The highest BCUT2D eigenvalue weighted by Gasteiger charge is 2.26. The van der Waals surface area contributed by atoms with E-state index in [1.54, 1.807) is 0 Å². The van der Waals surface area contributed by atoms with Gasteiger partial charge >= 0.3 is 0 Å². The Morgan fingerprint density at radius 3 is 2.89 bits per heavy atom. The van der Waals surface area contributed by atoms with Gasteiger partial charge in [-0.2, -0.15) is 0 Å². The first-order valence-electron chi connectivity index (χ1n) is 6.96. The second kappa shape index (κ2) is 5.29. The Morgan fingerprint density at radius 2 is 2.11 bits per heavy atom. The summed E-state index contributed by atoms with van der Waals surface area (Å²) >= 11 is 0. The lowest BCUT2D eigenvalue weighted by Crippen LogP contribution is -2.35. The van der Waals surface area contributed by atoms with Crippen LogP contribution in [0.5, 0.6) is 5.75 Å². The molecule has 1 aromatic rings. The van der Waals surface area contributed by atoms with Crippen molar-refractivity contribution in [2.75, 3.05) is 13.1 Å². The predicted molar refractivity (Wildman–Crippen MR) is 70.8 cm³/mol. The highest BCUT2D eigenvalue weighted by atomic mass is 16.5. The number of aliphatic hydroxyl groups is 1. The first kappa shape index (κ1) is 12.0. The van der Waals surface area contributed by atoms with Gasteiger partial charge in [0.15, 0.2) is 0 Å². The molecule has 3 atom stereocenters. The van der Waals surface area contributed by atoms with Crippen LogP contribution >= 0.6 is 0 Å². The van der Waals surface area contributed by atoms with Crippen LogP contribution < -0.4 is 10.1 Å². The molecule has 1 aliphatic heterocycles. The van der Waals surface area contributed by atoms with Gasteiger partial charge in [-0.1, -0.05) is 24.6 Å². The lowest BCUT2D eigenvalue weighted by Gasteiger charge is -2.17. The Kier molecular flexibility index (Phi) is 3.52. The van der Waals surface area contributed by atoms with Crippen LogP contribution in [-0.2, 0) is 6.42 Å². The normalized spacial score (nSPS) is 30.2. The molecular weight excluding hydrogens is 226 g/mol. The maximum atomic E-state index is 9.75. The number of para-hydroxylation sites is 1. The molecule has 2 aliphatic rings. The van der Waals surface area contributed by atoms with Crippen molar-refractivity contribution in [3.05, 3.63) is 29.8 Å². The molecule has 0 spiro atoms. The maximum absolute atomic E-state index is 9.75. The largest absolute Gasteiger partial charge is 0.488 e. The van der Waals surface area contributed by atoms with Crippen molar-refractivity contribution < 1.29 is 9.84 Å². The van der Waals surface area contributed by atoms with Crippen molar-refractivity contribution in [1.82, 2.24) is 5.32 Å². The van der Waals surface area contributed by atoms with E-state index in [1.165, 1.54) is 12.0 Å². The van der Waals surface area contributed by atoms with E-state index in [1.807, 2.05) is 12.1 Å². The van der Waals surface area contributed by atoms with Crippen LogP contribution in [0.3, 0.4) is 0 Å². The number of hydrogen-bond acceptors (Lipinski definition) is 3. The summed E-state index contributed by atoms with van der Waals surface area (Å²) in [6.45, 7) is 1.79. The number of aliphatic hydroxyl groups excluding tert-OH is 1. The highest BCUT2D eigenvalue weighted by Crippen LogP contribution is 2.28. The van der Waals surface area contributed by atoms with Crippen molar-refractivity contribution in [2.24, 2.45) is 5.92 Å². The molecule has 3 rings (SSSR count). The molecule has 1 aliphatic carbocycles. The van der Waals surface area contributed by atoms with Crippen molar-refractivity contribution >= 4 is 0 Å². The second-order valence-corrected chi connectivity index (χ2v) is 5.47. The van der Waals surface area contributed by atoms with Crippen LogP contribution in [0.25, 0.3) is 0 Å². The summed E-state index contributed by atoms with van der Waals surface area (Å²) in [4.78, 5) is 0. The van der Waals surface area contributed by atoms with Crippen molar-refractivity contribution in [3.8, 4) is 5.75 Å². The van der Waals surface area contributed by atoms with Crippen LogP contribution in [0.4, 0.5) is 0 Å². The number of ether oxygens (including phenoxy) is 1. The molecule has 1 saturated carbocycles. The number of fused-ring (bicyclic) bond motifs is 1. The minimum Gasteiger partial charge on any atom is -0.488 e. The molecule has 1 aromatic carbocycles. The highest BCUT2D eigenvalue weighted by molar-refractivity contribution is 5.37. The molecule has 98 valence electrons. The Balaban J connectivity index is 1.43. The fourth-order valence-electron chi connectivity index (χ4n) is 3.05. The van der Waals surface area contributed by atoms with Gasteiger partial charge in [-0.05, 0) is 30.4 Å². The smallest absolute Gasteiger partial charge is 0.123 e. The maximum Gasteiger partial charge on any atom is 0.123 e. The zero-order valence-corrected chi connectivity index (χ0v) is 10.6. The fraction of sp³-hybridized carbons (Fsp3) is 0.600. The number of nitrogens with one attached hydrogen (secondary N) is 1. The van der Waals surface area contributed by atoms with Gasteiger partial charge in [-0.15, -0.1) is 0 Å². The zero-order chi connectivity index (χ0) is 12.4. The molecule has 0 amide bonds. The summed E-state index contributed by atoms with van der Waals surface area (Å²) in [6, 6.07) is 8.25. The average molecular weight is 247 g/mol. The lowest BCUT2D eigenvalue weighted by atomic mass is 10.1. The molecule has 18 heavy (non-hydrogen) atoms. The van der Waals surface area contributed by atoms with Crippen molar-refractivity contribution in [3.63, 3.8) is 0 Å². The van der Waals surface area contributed by atoms with Gasteiger partial charge in [-0.25, -0.2) is 0 Å². The molecule has 0 radical (unpaired) electrons. The van der Waals surface area contributed by atoms with E-state index < -0.39 is 0 Å². The van der Waals surface area contributed by atoms with Crippen molar-refractivity contribution in [1.29, 1.82) is 0 Å². The molecule has 1 heterocycles. The quantitative estimate of drug-likeness (QED) is 0.851. The third-order valence-electron chi connectivity index (χ3n) is 4.11. The molecular formula is C15H21NO2. The van der Waals surface area contributed by atoms with E-state index in [-0.39, 0.29) is 12.2 Å². The molecule has 3 unspecified atom stereocenters. The average Bonchev–Trinajstić information content (AvgIpc) is 2.96. The molecule has 0 saturated heterocycles. The van der Waals surface area contributed by atoms with E-state index in [9.17, 15) is 5.11 Å². The van der Waals surface area contributed by atoms with E-state index in [0.717, 1.165) is 38.1 Å². The summed E-state index contributed by atoms with van der Waals surface area (Å²) in [5.74, 6) is 1.47. The summed E-state index contributed by atoms with van der Waals surface area (Å²) < 4.78 is 5.87. The Labute approximate surface area is 108 Å². The topological polar surface area (TPSA) is 41.5 Å². The van der Waals surface area contributed by atoms with E-state index in [2.05, 4.69) is 17.4 Å². The Bertz CT molecular complexity index is 382. The minimum atomic E-state index is -0.0980. The van der Waals surface area contributed by atoms with Gasteiger partial charge in [0.05, 0.1) is 6.10 Å². The van der Waals surface area contributed by atoms with Crippen LogP contribution in [-0.4, -0.2) is 30.4 Å². The monoisotopic (exact) mass is 247 g/mol. The zero-order valence-electron chi connectivity index (χ0n) is 10.6. The van der Waals surface area contributed by atoms with Crippen molar-refractivity contribution in [2.45, 2.75) is 37.9 Å². The third kappa shape index (κ3) is 2.52. The van der Waals surface area contributed by atoms with Crippen LogP contribution in [0.1, 0.15) is 24.8 Å². The van der Waals surface area contributed by atoms with Crippen LogP contribution in [0.15, 0.2) is 24.3 Å². The minimum absolute atomic E-state index is 0.0980. The van der Waals surface area contributed by atoms with E-state index in [4.69, 9.17) is 4.74 Å². The molecule has 3 heteroatoms. The van der Waals surface area contributed by atoms with Gasteiger partial charge in [0, 0.05) is 19.5 Å². The summed E-state index contributed by atoms with van der Waals surface area (Å²) in [5, 5.41) is 13.2. The van der Waals surface area contributed by atoms with E-state index in [0.29, 0.717) is 5.92 Å². The molecule has 0 bridgehead atoms. The SMILES string of the molecule is OC1CCCC1CNCC1Cc2ccccc2O1. The first-order chi connectivity index (χ1) is 8.83. The first-order valence-corrected chi connectivity index (χ1v) is 6.96. The number of rotatable bonds is 4. The van der Waals surface area contributed by atoms with Crippen LogP contribution in [0.2, 0.25) is 0 Å². The summed E-state index contributed by atoms with van der Waals surface area (Å²) in [7, 11) is 0. The number of hydrogen-bond donors (Lipinski definition) is 2. The summed E-state index contributed by atoms with van der Waals surface area (Å²) in [6.07, 6.45) is 4.44.